The van der Waals surface area contributed by atoms with E-state index in [0.29, 0.717) is 29.6 Å². The summed E-state index contributed by atoms with van der Waals surface area (Å²) in [5.74, 6) is 1.32. The first-order valence-electron chi connectivity index (χ1n) is 8.30. The molecular formula is C20H19ClN2O3S. The minimum atomic E-state index is -0.138. The topological polar surface area (TPSA) is 51.7 Å². The van der Waals surface area contributed by atoms with E-state index in [1.54, 1.807) is 36.6 Å². The lowest BCUT2D eigenvalue weighted by molar-refractivity contribution is 0.0769. The molecule has 3 aromatic rings. The molecule has 0 atom stereocenters. The van der Waals surface area contributed by atoms with Gasteiger partial charge in [-0.1, -0.05) is 17.7 Å². The Kier molecular flexibility index (Phi) is 6.32. The van der Waals surface area contributed by atoms with Crippen molar-refractivity contribution >= 4 is 28.8 Å². The van der Waals surface area contributed by atoms with Gasteiger partial charge in [0.05, 0.1) is 13.7 Å². The lowest BCUT2D eigenvalue weighted by Crippen LogP contribution is -2.31. The highest BCUT2D eigenvalue weighted by Gasteiger charge is 2.16. The van der Waals surface area contributed by atoms with E-state index in [9.17, 15) is 4.79 Å². The van der Waals surface area contributed by atoms with Crippen molar-refractivity contribution in [2.45, 2.75) is 0 Å². The van der Waals surface area contributed by atoms with E-state index in [-0.39, 0.29) is 5.91 Å². The van der Waals surface area contributed by atoms with Crippen LogP contribution in [-0.4, -0.2) is 43.1 Å². The number of hydrogen-bond acceptors (Lipinski definition) is 5. The molecule has 0 N–H and O–H groups in total. The Balaban J connectivity index is 1.57. The van der Waals surface area contributed by atoms with Crippen LogP contribution < -0.4 is 9.47 Å². The third-order valence-corrected chi connectivity index (χ3v) is 5.02. The smallest absolute Gasteiger partial charge is 0.273 e. The molecule has 5 nitrogen and oxygen atoms in total. The quantitative estimate of drug-likeness (QED) is 0.578. The maximum Gasteiger partial charge on any atom is 0.273 e. The summed E-state index contributed by atoms with van der Waals surface area (Å²) in [4.78, 5) is 18.6. The summed E-state index contributed by atoms with van der Waals surface area (Å²) in [6, 6.07) is 14.8. The predicted octanol–water partition coefficient (Wildman–Crippen LogP) is 4.62. The highest BCUT2D eigenvalue weighted by atomic mass is 35.5. The molecule has 0 radical (unpaired) electrons. The molecule has 1 heterocycles. The molecule has 0 fully saturated rings. The Hall–Kier alpha value is -2.57. The third kappa shape index (κ3) is 4.99. The average molecular weight is 403 g/mol. The number of halogens is 1. The van der Waals surface area contributed by atoms with E-state index in [1.165, 1.54) is 11.3 Å². The second-order valence-corrected chi connectivity index (χ2v) is 7.09. The Morgan fingerprint density at radius 1 is 1.19 bits per heavy atom. The number of thiazole rings is 1. The van der Waals surface area contributed by atoms with Crippen LogP contribution in [0, 0.1) is 0 Å². The summed E-state index contributed by atoms with van der Waals surface area (Å²) >= 11 is 7.37. The van der Waals surface area contributed by atoms with Crippen molar-refractivity contribution in [2.75, 3.05) is 27.3 Å². The molecule has 0 unspecified atom stereocenters. The van der Waals surface area contributed by atoms with Gasteiger partial charge in [0.2, 0.25) is 0 Å². The predicted molar refractivity (Wildman–Crippen MR) is 108 cm³/mol. The number of benzene rings is 2. The molecule has 0 aliphatic rings. The molecule has 7 heteroatoms. The number of rotatable bonds is 7. The van der Waals surface area contributed by atoms with Crippen LogP contribution in [0.3, 0.4) is 0 Å². The number of aromatic nitrogens is 1. The Bertz CT molecular complexity index is 912. The van der Waals surface area contributed by atoms with Gasteiger partial charge in [0, 0.05) is 23.0 Å². The fourth-order valence-electron chi connectivity index (χ4n) is 2.39. The molecule has 140 valence electrons. The monoisotopic (exact) mass is 402 g/mol. The molecule has 1 aromatic heterocycles. The Morgan fingerprint density at radius 2 is 1.96 bits per heavy atom. The maximum absolute atomic E-state index is 12.6. The molecule has 0 spiro atoms. The van der Waals surface area contributed by atoms with Crippen molar-refractivity contribution < 1.29 is 14.3 Å². The number of ether oxygens (including phenoxy) is 2. The maximum atomic E-state index is 12.6. The van der Waals surface area contributed by atoms with Crippen molar-refractivity contribution in [1.82, 2.24) is 9.88 Å². The zero-order valence-corrected chi connectivity index (χ0v) is 16.6. The van der Waals surface area contributed by atoms with Crippen LogP contribution in [0.4, 0.5) is 0 Å². The molecule has 0 saturated carbocycles. The summed E-state index contributed by atoms with van der Waals surface area (Å²) in [5, 5.41) is 3.19. The van der Waals surface area contributed by atoms with E-state index < -0.39 is 0 Å². The molecule has 0 saturated heterocycles. The Morgan fingerprint density at radius 3 is 2.67 bits per heavy atom. The zero-order valence-electron chi connectivity index (χ0n) is 15.0. The van der Waals surface area contributed by atoms with Crippen molar-refractivity contribution in [3.8, 4) is 22.1 Å². The van der Waals surface area contributed by atoms with Gasteiger partial charge in [-0.2, -0.15) is 0 Å². The standard InChI is InChI=1S/C20H19ClN2O3S/c1-23(10-11-26-17-5-3-4-15(21)12-17)20(24)18-13-27-19(22-18)14-6-8-16(25-2)9-7-14/h3-9,12-13H,10-11H2,1-2H3. The normalized spacial score (nSPS) is 10.5. The van der Waals surface area contributed by atoms with Gasteiger partial charge in [0.1, 0.15) is 28.8 Å². The van der Waals surface area contributed by atoms with Gasteiger partial charge in [0.25, 0.3) is 5.91 Å². The SMILES string of the molecule is COc1ccc(-c2nc(C(=O)N(C)CCOc3cccc(Cl)c3)cs2)cc1. The number of methoxy groups -OCH3 is 1. The second-order valence-electron chi connectivity index (χ2n) is 5.80. The van der Waals surface area contributed by atoms with E-state index >= 15 is 0 Å². The van der Waals surface area contributed by atoms with Crippen LogP contribution in [0.1, 0.15) is 10.5 Å². The summed E-state index contributed by atoms with van der Waals surface area (Å²) in [5.41, 5.74) is 1.38. The largest absolute Gasteiger partial charge is 0.497 e. The molecule has 0 bridgehead atoms. The minimum Gasteiger partial charge on any atom is -0.497 e. The number of hydrogen-bond donors (Lipinski definition) is 0. The van der Waals surface area contributed by atoms with Gasteiger partial charge in [-0.3, -0.25) is 4.79 Å². The number of amides is 1. The fourth-order valence-corrected chi connectivity index (χ4v) is 3.37. The highest BCUT2D eigenvalue weighted by molar-refractivity contribution is 7.13. The fraction of sp³-hybridized carbons (Fsp3) is 0.200. The van der Waals surface area contributed by atoms with Gasteiger partial charge in [-0.15, -0.1) is 11.3 Å². The van der Waals surface area contributed by atoms with Crippen LogP contribution >= 0.6 is 22.9 Å². The van der Waals surface area contributed by atoms with Gasteiger partial charge in [0.15, 0.2) is 0 Å². The molecular weight excluding hydrogens is 384 g/mol. The van der Waals surface area contributed by atoms with Gasteiger partial charge < -0.3 is 14.4 Å². The summed E-state index contributed by atoms with van der Waals surface area (Å²) in [7, 11) is 3.36. The van der Waals surface area contributed by atoms with E-state index in [2.05, 4.69) is 4.98 Å². The number of carbonyl (C=O) groups excluding carboxylic acids is 1. The first-order valence-corrected chi connectivity index (χ1v) is 9.56. The van der Waals surface area contributed by atoms with E-state index in [4.69, 9.17) is 21.1 Å². The number of nitrogens with zero attached hydrogens (tertiary/aromatic N) is 2. The lowest BCUT2D eigenvalue weighted by atomic mass is 10.2. The lowest BCUT2D eigenvalue weighted by Gasteiger charge is -2.16. The molecule has 0 aliphatic carbocycles. The highest BCUT2D eigenvalue weighted by Crippen LogP contribution is 2.26. The first kappa shape index (κ1) is 19.2. The van der Waals surface area contributed by atoms with E-state index in [0.717, 1.165) is 16.3 Å². The third-order valence-electron chi connectivity index (χ3n) is 3.90. The van der Waals surface area contributed by atoms with Crippen molar-refractivity contribution in [3.63, 3.8) is 0 Å². The van der Waals surface area contributed by atoms with Crippen LogP contribution in [-0.2, 0) is 0 Å². The molecule has 1 amide bonds. The van der Waals surface area contributed by atoms with Crippen molar-refractivity contribution in [1.29, 1.82) is 0 Å². The number of likely N-dealkylation sites (N-methyl/N-ethyl adjacent to an activating group) is 1. The van der Waals surface area contributed by atoms with Gasteiger partial charge in [-0.05, 0) is 42.5 Å². The minimum absolute atomic E-state index is 0.138. The number of carbonyl (C=O) groups is 1. The van der Waals surface area contributed by atoms with Gasteiger partial charge in [-0.25, -0.2) is 4.98 Å². The zero-order chi connectivity index (χ0) is 19.2. The van der Waals surface area contributed by atoms with E-state index in [1.807, 2.05) is 36.4 Å². The summed E-state index contributed by atoms with van der Waals surface area (Å²) < 4.78 is 10.8. The second kappa shape index (κ2) is 8.88. The summed E-state index contributed by atoms with van der Waals surface area (Å²) in [6.45, 7) is 0.818. The van der Waals surface area contributed by atoms with Crippen molar-refractivity contribution in [2.24, 2.45) is 0 Å². The van der Waals surface area contributed by atoms with Crippen molar-refractivity contribution in [3.05, 3.63) is 64.6 Å². The molecule has 0 aliphatic heterocycles. The van der Waals surface area contributed by atoms with Gasteiger partial charge >= 0.3 is 0 Å². The Labute approximate surface area is 167 Å². The molecule has 3 rings (SSSR count). The molecule has 27 heavy (non-hydrogen) atoms. The first-order chi connectivity index (χ1) is 13.1. The molecule has 2 aromatic carbocycles. The van der Waals surface area contributed by atoms with Crippen LogP contribution in [0.5, 0.6) is 11.5 Å². The van der Waals surface area contributed by atoms with Crippen LogP contribution in [0.25, 0.3) is 10.6 Å². The van der Waals surface area contributed by atoms with Crippen LogP contribution in [0.15, 0.2) is 53.9 Å². The average Bonchev–Trinajstić information content (AvgIpc) is 3.17. The summed E-state index contributed by atoms with van der Waals surface area (Å²) in [6.07, 6.45) is 0. The van der Waals surface area contributed by atoms with Crippen LogP contribution in [0.2, 0.25) is 5.02 Å².